The molecule has 23 heavy (non-hydrogen) atoms. The summed E-state index contributed by atoms with van der Waals surface area (Å²) in [7, 11) is 1.57. The second-order valence-corrected chi connectivity index (χ2v) is 5.54. The van der Waals surface area contributed by atoms with E-state index < -0.39 is 11.8 Å². The van der Waals surface area contributed by atoms with Crippen molar-refractivity contribution in [3.63, 3.8) is 0 Å². The maximum absolute atomic E-state index is 12.5. The normalized spacial score (nSPS) is 15.9. The highest BCUT2D eigenvalue weighted by atomic mass is 16.5. The van der Waals surface area contributed by atoms with Gasteiger partial charge in [-0.3, -0.25) is 9.59 Å². The van der Waals surface area contributed by atoms with Crippen molar-refractivity contribution in [1.82, 2.24) is 0 Å². The lowest BCUT2D eigenvalue weighted by atomic mass is 10.1. The van der Waals surface area contributed by atoms with Crippen LogP contribution in [0, 0.1) is 0 Å². The summed E-state index contributed by atoms with van der Waals surface area (Å²) in [5, 5.41) is 2.64. The van der Waals surface area contributed by atoms with Gasteiger partial charge in [-0.1, -0.05) is 18.2 Å². The second kappa shape index (κ2) is 6.12. The molecule has 1 N–H and O–H groups in total. The van der Waals surface area contributed by atoms with E-state index in [1.54, 1.807) is 36.3 Å². The zero-order chi connectivity index (χ0) is 16.4. The highest BCUT2D eigenvalue weighted by Gasteiger charge is 2.34. The molecule has 1 aliphatic heterocycles. The summed E-state index contributed by atoms with van der Waals surface area (Å²) in [5.41, 5.74) is 2.46. The third-order valence-electron chi connectivity index (χ3n) is 3.97. The van der Waals surface area contributed by atoms with Crippen LogP contribution in [0.2, 0.25) is 0 Å². The number of rotatable bonds is 2. The van der Waals surface area contributed by atoms with Crippen LogP contribution in [0.1, 0.15) is 12.5 Å². The number of nitrogens with one attached hydrogen (secondary N) is 1. The van der Waals surface area contributed by atoms with E-state index in [-0.39, 0.29) is 6.04 Å². The molecule has 3 rings (SSSR count). The number of hydrogen-bond donors (Lipinski definition) is 1. The number of amides is 2. The van der Waals surface area contributed by atoms with E-state index in [1.165, 1.54) is 0 Å². The fraction of sp³-hybridized carbons (Fsp3) is 0.222. The Morgan fingerprint density at radius 1 is 1.13 bits per heavy atom. The van der Waals surface area contributed by atoms with Crippen LogP contribution in [0.4, 0.5) is 11.4 Å². The van der Waals surface area contributed by atoms with Crippen molar-refractivity contribution in [2.45, 2.75) is 19.4 Å². The Labute approximate surface area is 134 Å². The first kappa shape index (κ1) is 15.1. The van der Waals surface area contributed by atoms with Crippen molar-refractivity contribution in [3.05, 3.63) is 54.1 Å². The minimum absolute atomic E-state index is 0.0264. The summed E-state index contributed by atoms with van der Waals surface area (Å²) >= 11 is 0. The van der Waals surface area contributed by atoms with Gasteiger partial charge >= 0.3 is 11.8 Å². The average Bonchev–Trinajstić information content (AvgIpc) is 2.90. The number of methoxy groups -OCH3 is 1. The number of fused-ring (bicyclic) bond motifs is 1. The van der Waals surface area contributed by atoms with Crippen LogP contribution in [0.5, 0.6) is 5.75 Å². The molecule has 2 aromatic rings. The van der Waals surface area contributed by atoms with E-state index >= 15 is 0 Å². The SMILES string of the molecule is COc1ccc(NC(=O)C(=O)N2c3ccccc3CC2C)cc1. The molecule has 0 radical (unpaired) electrons. The second-order valence-electron chi connectivity index (χ2n) is 5.54. The zero-order valence-corrected chi connectivity index (χ0v) is 13.1. The number of hydrogen-bond acceptors (Lipinski definition) is 3. The Morgan fingerprint density at radius 3 is 2.52 bits per heavy atom. The molecule has 1 unspecified atom stereocenters. The van der Waals surface area contributed by atoms with Gasteiger partial charge in [0.25, 0.3) is 0 Å². The minimum atomic E-state index is -0.640. The van der Waals surface area contributed by atoms with Crippen LogP contribution in [-0.4, -0.2) is 25.0 Å². The molecule has 0 aromatic heterocycles. The Bertz CT molecular complexity index is 740. The summed E-state index contributed by atoms with van der Waals surface area (Å²) < 4.78 is 5.07. The maximum Gasteiger partial charge on any atom is 0.316 e. The number of ether oxygens (including phenoxy) is 1. The van der Waals surface area contributed by atoms with Crippen molar-refractivity contribution in [1.29, 1.82) is 0 Å². The molecule has 2 aromatic carbocycles. The molecule has 0 spiro atoms. The highest BCUT2D eigenvalue weighted by Crippen LogP contribution is 2.31. The molecular weight excluding hydrogens is 292 g/mol. The fourth-order valence-electron chi connectivity index (χ4n) is 2.84. The number of carbonyl (C=O) groups excluding carboxylic acids is 2. The zero-order valence-electron chi connectivity index (χ0n) is 13.1. The fourth-order valence-corrected chi connectivity index (χ4v) is 2.84. The lowest BCUT2D eigenvalue weighted by Crippen LogP contribution is -2.43. The number of anilines is 2. The summed E-state index contributed by atoms with van der Waals surface area (Å²) in [6.07, 6.45) is 0.762. The van der Waals surface area contributed by atoms with Gasteiger partial charge in [0, 0.05) is 17.4 Å². The largest absolute Gasteiger partial charge is 0.497 e. The minimum Gasteiger partial charge on any atom is -0.497 e. The topological polar surface area (TPSA) is 58.6 Å². The van der Waals surface area contributed by atoms with Crippen molar-refractivity contribution in [2.75, 3.05) is 17.3 Å². The van der Waals surface area contributed by atoms with Gasteiger partial charge in [-0.25, -0.2) is 0 Å². The Kier molecular flexibility index (Phi) is 4.02. The van der Waals surface area contributed by atoms with Crippen LogP contribution in [0.3, 0.4) is 0 Å². The molecule has 0 bridgehead atoms. The van der Waals surface area contributed by atoms with E-state index in [1.807, 2.05) is 31.2 Å². The van der Waals surface area contributed by atoms with Gasteiger partial charge in [0.05, 0.1) is 7.11 Å². The maximum atomic E-state index is 12.5. The van der Waals surface area contributed by atoms with Gasteiger partial charge in [0.2, 0.25) is 0 Å². The molecule has 0 saturated carbocycles. The summed E-state index contributed by atoms with van der Waals surface area (Å²) in [5.74, 6) is -0.492. The molecular formula is C18H18N2O3. The first-order valence-corrected chi connectivity index (χ1v) is 7.46. The highest BCUT2D eigenvalue weighted by molar-refractivity contribution is 6.44. The van der Waals surface area contributed by atoms with Crippen molar-refractivity contribution >= 4 is 23.2 Å². The lowest BCUT2D eigenvalue weighted by Gasteiger charge is -2.22. The average molecular weight is 310 g/mol. The van der Waals surface area contributed by atoms with E-state index in [0.717, 1.165) is 17.7 Å². The molecule has 1 heterocycles. The van der Waals surface area contributed by atoms with Crippen molar-refractivity contribution < 1.29 is 14.3 Å². The summed E-state index contributed by atoms with van der Waals surface area (Å²) in [6, 6.07) is 14.5. The predicted octanol–water partition coefficient (Wildman–Crippen LogP) is 2.61. The lowest BCUT2D eigenvalue weighted by molar-refractivity contribution is -0.134. The van der Waals surface area contributed by atoms with Crippen LogP contribution in [0.25, 0.3) is 0 Å². The third kappa shape index (κ3) is 2.90. The monoisotopic (exact) mass is 310 g/mol. The quantitative estimate of drug-likeness (QED) is 0.868. The standard InChI is InChI=1S/C18H18N2O3/c1-12-11-13-5-3-4-6-16(13)20(12)18(22)17(21)19-14-7-9-15(23-2)10-8-14/h3-10,12H,11H2,1-2H3,(H,19,21). The van der Waals surface area contributed by atoms with Gasteiger partial charge < -0.3 is 15.0 Å². The van der Waals surface area contributed by atoms with Crippen molar-refractivity contribution in [3.8, 4) is 5.75 Å². The first-order valence-electron chi connectivity index (χ1n) is 7.46. The molecule has 1 atom stereocenters. The molecule has 2 amide bonds. The molecule has 1 aliphatic rings. The van der Waals surface area contributed by atoms with Gasteiger partial charge in [-0.15, -0.1) is 0 Å². The van der Waals surface area contributed by atoms with E-state index in [0.29, 0.717) is 11.4 Å². The molecule has 5 nitrogen and oxygen atoms in total. The van der Waals surface area contributed by atoms with Gasteiger partial charge in [-0.2, -0.15) is 0 Å². The number of para-hydroxylation sites is 1. The third-order valence-corrected chi connectivity index (χ3v) is 3.97. The number of carbonyl (C=O) groups is 2. The molecule has 0 saturated heterocycles. The van der Waals surface area contributed by atoms with E-state index in [4.69, 9.17) is 4.74 Å². The number of nitrogens with zero attached hydrogens (tertiary/aromatic N) is 1. The molecule has 5 heteroatoms. The van der Waals surface area contributed by atoms with Gasteiger partial charge in [0.1, 0.15) is 5.75 Å². The molecule has 118 valence electrons. The van der Waals surface area contributed by atoms with Crippen LogP contribution >= 0.6 is 0 Å². The van der Waals surface area contributed by atoms with E-state index in [9.17, 15) is 9.59 Å². The van der Waals surface area contributed by atoms with Gasteiger partial charge in [0.15, 0.2) is 0 Å². The van der Waals surface area contributed by atoms with Crippen LogP contribution < -0.4 is 15.0 Å². The Hall–Kier alpha value is -2.82. The van der Waals surface area contributed by atoms with Crippen LogP contribution in [-0.2, 0) is 16.0 Å². The van der Waals surface area contributed by atoms with E-state index in [2.05, 4.69) is 5.32 Å². The Morgan fingerprint density at radius 2 is 1.83 bits per heavy atom. The first-order chi connectivity index (χ1) is 11.1. The summed E-state index contributed by atoms with van der Waals surface area (Å²) in [6.45, 7) is 1.94. The van der Waals surface area contributed by atoms with Crippen molar-refractivity contribution in [2.24, 2.45) is 0 Å². The number of benzene rings is 2. The molecule has 0 aliphatic carbocycles. The smallest absolute Gasteiger partial charge is 0.316 e. The summed E-state index contributed by atoms with van der Waals surface area (Å²) in [4.78, 5) is 26.4. The Balaban J connectivity index is 1.76. The molecule has 0 fully saturated rings. The van der Waals surface area contributed by atoms with Crippen LogP contribution in [0.15, 0.2) is 48.5 Å². The predicted molar refractivity (Wildman–Crippen MR) is 88.7 cm³/mol. The van der Waals surface area contributed by atoms with Gasteiger partial charge in [-0.05, 0) is 49.2 Å².